The van der Waals surface area contributed by atoms with Crippen LogP contribution in [0, 0.1) is 20.8 Å². The van der Waals surface area contributed by atoms with Gasteiger partial charge in [0.1, 0.15) is 5.82 Å². The number of rotatable bonds is 7. The van der Waals surface area contributed by atoms with Crippen molar-refractivity contribution >= 4 is 26.6 Å². The molecule has 0 spiro atoms. The van der Waals surface area contributed by atoms with Crippen LogP contribution in [0.1, 0.15) is 22.5 Å². The number of primary sulfonamides is 1. The summed E-state index contributed by atoms with van der Waals surface area (Å²) in [5.74, 6) is 0.635. The van der Waals surface area contributed by atoms with Crippen molar-refractivity contribution in [2.24, 2.45) is 5.14 Å². The highest BCUT2D eigenvalue weighted by molar-refractivity contribution is 7.89. The van der Waals surface area contributed by atoms with Gasteiger partial charge in [-0.3, -0.25) is 9.36 Å². The largest absolute Gasteiger partial charge is 0.382 e. The molecule has 2 N–H and O–H groups in total. The molecule has 0 saturated carbocycles. The van der Waals surface area contributed by atoms with Crippen molar-refractivity contribution in [3.63, 3.8) is 0 Å². The Labute approximate surface area is 205 Å². The van der Waals surface area contributed by atoms with Gasteiger partial charge in [0.15, 0.2) is 0 Å². The summed E-state index contributed by atoms with van der Waals surface area (Å²) in [6.07, 6.45) is 0.585. The Bertz CT molecular complexity index is 1390. The van der Waals surface area contributed by atoms with Gasteiger partial charge in [-0.05, 0) is 74.2 Å². The Balaban J connectivity index is 1.60. The van der Waals surface area contributed by atoms with Crippen LogP contribution in [-0.2, 0) is 32.5 Å². The second-order valence-corrected chi connectivity index (χ2v) is 10.6. The van der Waals surface area contributed by atoms with Gasteiger partial charge in [0, 0.05) is 32.4 Å². The minimum Gasteiger partial charge on any atom is -0.382 e. The first-order valence-corrected chi connectivity index (χ1v) is 13.1. The van der Waals surface area contributed by atoms with E-state index in [9.17, 15) is 13.2 Å². The number of morpholine rings is 1. The van der Waals surface area contributed by atoms with Crippen molar-refractivity contribution in [3.8, 4) is 0 Å². The van der Waals surface area contributed by atoms with E-state index in [1.54, 1.807) is 23.8 Å². The molecule has 1 atom stereocenters. The molecule has 1 aliphatic heterocycles. The number of nitrogens with two attached hydrogens (primary N) is 1. The molecule has 1 aliphatic rings. The normalized spacial score (nSPS) is 16.7. The smallest absolute Gasteiger partial charge is 0.261 e. The fraction of sp³-hybridized carbons (Fsp3) is 0.440. The van der Waals surface area contributed by atoms with E-state index in [1.165, 1.54) is 0 Å². The zero-order chi connectivity index (χ0) is 25.3. The number of nitrogens with zero attached hydrogens (tertiary/aromatic N) is 3. The lowest BCUT2D eigenvalue weighted by Gasteiger charge is -2.34. The number of aryl methyl sites for hydroxylation is 3. The molecule has 10 heteroatoms. The van der Waals surface area contributed by atoms with Crippen molar-refractivity contribution in [1.29, 1.82) is 0 Å². The van der Waals surface area contributed by atoms with Crippen molar-refractivity contribution in [1.82, 2.24) is 9.55 Å². The topological polar surface area (TPSA) is 117 Å². The zero-order valence-corrected chi connectivity index (χ0v) is 21.4. The SMILES string of the molecule is COC[C@H]1CN(c2ccc3c(=O)n(CCc4c(C)cc(S(N)(=O)=O)cc4C)c(C)nc3c2)CCO1. The monoisotopic (exact) mass is 500 g/mol. The number of ether oxygens (including phenoxy) is 2. The lowest BCUT2D eigenvalue weighted by atomic mass is 10.00. The van der Waals surface area contributed by atoms with Crippen LogP contribution in [0.4, 0.5) is 5.69 Å². The second kappa shape index (κ2) is 10.1. The molecule has 0 radical (unpaired) electrons. The summed E-state index contributed by atoms with van der Waals surface area (Å²) in [5, 5.41) is 5.85. The van der Waals surface area contributed by atoms with Gasteiger partial charge in [-0.1, -0.05) is 0 Å². The van der Waals surface area contributed by atoms with E-state index in [2.05, 4.69) is 4.90 Å². The third-order valence-electron chi connectivity index (χ3n) is 6.57. The standard InChI is InChI=1S/C25H32N4O5S/c1-16-11-21(35(26,31)32)12-17(2)22(16)7-8-29-18(3)27-24-13-19(5-6-23(24)25(29)30)28-9-10-34-20(14-28)15-33-4/h5-6,11-13,20H,7-10,14-15H2,1-4H3,(H2,26,31,32)/t20-/m1/s1. The molecule has 4 rings (SSSR count). The fourth-order valence-corrected chi connectivity index (χ4v) is 5.44. The molecule has 9 nitrogen and oxygen atoms in total. The predicted molar refractivity (Wildman–Crippen MR) is 136 cm³/mol. The number of hydrogen-bond acceptors (Lipinski definition) is 7. The molecular weight excluding hydrogens is 468 g/mol. The summed E-state index contributed by atoms with van der Waals surface area (Å²) >= 11 is 0. The molecule has 188 valence electrons. The quantitative estimate of drug-likeness (QED) is 0.528. The van der Waals surface area contributed by atoms with Crippen LogP contribution in [-0.4, -0.2) is 57.5 Å². The van der Waals surface area contributed by atoms with Crippen LogP contribution < -0.4 is 15.6 Å². The highest BCUT2D eigenvalue weighted by Crippen LogP contribution is 2.23. The summed E-state index contributed by atoms with van der Waals surface area (Å²) in [6.45, 7) is 8.63. The minimum absolute atomic E-state index is 0.0121. The number of fused-ring (bicyclic) bond motifs is 1. The second-order valence-electron chi connectivity index (χ2n) is 9.04. The van der Waals surface area contributed by atoms with E-state index < -0.39 is 10.0 Å². The van der Waals surface area contributed by atoms with E-state index in [0.717, 1.165) is 35.5 Å². The van der Waals surface area contributed by atoms with Gasteiger partial charge >= 0.3 is 0 Å². The lowest BCUT2D eigenvalue weighted by Crippen LogP contribution is -2.44. The Morgan fingerprint density at radius 3 is 2.54 bits per heavy atom. The molecule has 2 aromatic carbocycles. The van der Waals surface area contributed by atoms with Gasteiger partial charge in [0.25, 0.3) is 5.56 Å². The molecule has 35 heavy (non-hydrogen) atoms. The molecule has 0 unspecified atom stereocenters. The maximum Gasteiger partial charge on any atom is 0.261 e. The summed E-state index contributed by atoms with van der Waals surface area (Å²) in [4.78, 5) is 20.4. The van der Waals surface area contributed by atoms with Crippen LogP contribution in [0.3, 0.4) is 0 Å². The minimum atomic E-state index is -3.77. The highest BCUT2D eigenvalue weighted by Gasteiger charge is 2.21. The molecule has 0 aliphatic carbocycles. The van der Waals surface area contributed by atoms with Gasteiger partial charge < -0.3 is 14.4 Å². The summed E-state index contributed by atoms with van der Waals surface area (Å²) in [6, 6.07) is 8.92. The Hall–Kier alpha value is -2.79. The van der Waals surface area contributed by atoms with Gasteiger partial charge in [-0.25, -0.2) is 18.5 Å². The van der Waals surface area contributed by atoms with Crippen molar-refractivity contribution in [2.45, 2.75) is 44.7 Å². The molecule has 0 bridgehead atoms. The predicted octanol–water partition coefficient (Wildman–Crippen LogP) is 2.06. The molecule has 2 heterocycles. The van der Waals surface area contributed by atoms with Gasteiger partial charge in [-0.2, -0.15) is 0 Å². The van der Waals surface area contributed by atoms with Crippen molar-refractivity contribution in [2.75, 3.05) is 38.3 Å². The molecule has 1 saturated heterocycles. The van der Waals surface area contributed by atoms with Crippen LogP contribution in [0.15, 0.2) is 40.0 Å². The zero-order valence-electron chi connectivity index (χ0n) is 20.6. The summed E-state index contributed by atoms with van der Waals surface area (Å²) in [5.41, 5.74) is 4.24. The average molecular weight is 501 g/mol. The van der Waals surface area contributed by atoms with Gasteiger partial charge in [-0.15, -0.1) is 0 Å². The van der Waals surface area contributed by atoms with Crippen LogP contribution in [0.5, 0.6) is 0 Å². The number of hydrogen-bond donors (Lipinski definition) is 1. The third kappa shape index (κ3) is 5.40. The molecule has 1 fully saturated rings. The number of benzene rings is 2. The molecular formula is C25H32N4O5S. The van der Waals surface area contributed by atoms with Crippen LogP contribution in [0.2, 0.25) is 0 Å². The van der Waals surface area contributed by atoms with E-state index in [-0.39, 0.29) is 16.6 Å². The van der Waals surface area contributed by atoms with Crippen molar-refractivity contribution in [3.05, 3.63) is 63.2 Å². The number of methoxy groups -OCH3 is 1. The van der Waals surface area contributed by atoms with E-state index in [4.69, 9.17) is 19.6 Å². The highest BCUT2D eigenvalue weighted by atomic mass is 32.2. The van der Waals surface area contributed by atoms with E-state index in [1.807, 2.05) is 39.0 Å². The number of sulfonamides is 1. The Morgan fingerprint density at radius 2 is 1.89 bits per heavy atom. The number of anilines is 1. The molecule has 3 aromatic rings. The maximum absolute atomic E-state index is 13.3. The van der Waals surface area contributed by atoms with E-state index >= 15 is 0 Å². The summed E-state index contributed by atoms with van der Waals surface area (Å²) in [7, 11) is -2.10. The van der Waals surface area contributed by atoms with Crippen LogP contribution >= 0.6 is 0 Å². The van der Waals surface area contributed by atoms with Crippen LogP contribution in [0.25, 0.3) is 10.9 Å². The first-order valence-electron chi connectivity index (χ1n) is 11.6. The average Bonchev–Trinajstić information content (AvgIpc) is 2.79. The van der Waals surface area contributed by atoms with E-state index in [0.29, 0.717) is 42.9 Å². The summed E-state index contributed by atoms with van der Waals surface area (Å²) < 4.78 is 36.1. The Kier molecular flexibility index (Phi) is 7.27. The Morgan fingerprint density at radius 1 is 1.17 bits per heavy atom. The number of aromatic nitrogens is 2. The first-order chi connectivity index (χ1) is 16.6. The lowest BCUT2D eigenvalue weighted by molar-refractivity contribution is -0.0100. The fourth-order valence-electron chi connectivity index (χ4n) is 4.76. The maximum atomic E-state index is 13.3. The van der Waals surface area contributed by atoms with Crippen molar-refractivity contribution < 1.29 is 17.9 Å². The first kappa shape index (κ1) is 25.3. The van der Waals surface area contributed by atoms with Gasteiger partial charge in [0.05, 0.1) is 35.1 Å². The third-order valence-corrected chi connectivity index (χ3v) is 7.46. The molecule has 0 amide bonds. The van der Waals surface area contributed by atoms with Gasteiger partial charge in [0.2, 0.25) is 10.0 Å². The molecule has 1 aromatic heterocycles.